The number of unbranched alkanes of at least 4 members (excludes halogenated alkanes) is 3. The van der Waals surface area contributed by atoms with Crippen molar-refractivity contribution >= 4 is 24.0 Å². The minimum atomic E-state index is -4.71. The molecular weight excluding hydrogens is 321 g/mol. The van der Waals surface area contributed by atoms with Crippen LogP contribution in [0.15, 0.2) is 24.3 Å². The number of benzene rings is 1. The number of carbonyl (C=O) groups is 1. The largest absolute Gasteiger partial charge is 0.573 e. The molecule has 0 aliphatic rings. The van der Waals surface area contributed by atoms with E-state index in [0.717, 1.165) is 37.8 Å². The van der Waals surface area contributed by atoms with E-state index in [0.29, 0.717) is 18.7 Å². The molecule has 4 nitrogen and oxygen atoms in total. The van der Waals surface area contributed by atoms with Crippen LogP contribution < -0.4 is 15.8 Å². The van der Waals surface area contributed by atoms with Crippen molar-refractivity contribution in [2.75, 3.05) is 11.9 Å². The number of rotatable bonds is 8. The molecule has 0 atom stereocenters. The first-order chi connectivity index (χ1) is 9.90. The molecule has 126 valence electrons. The Morgan fingerprint density at radius 2 is 1.68 bits per heavy atom. The topological polar surface area (TPSA) is 64.4 Å². The van der Waals surface area contributed by atoms with Gasteiger partial charge in [0, 0.05) is 12.1 Å². The summed E-state index contributed by atoms with van der Waals surface area (Å²) >= 11 is 0. The quantitative estimate of drug-likeness (QED) is 0.706. The van der Waals surface area contributed by atoms with E-state index in [9.17, 15) is 18.0 Å². The Morgan fingerprint density at radius 1 is 1.09 bits per heavy atom. The van der Waals surface area contributed by atoms with Gasteiger partial charge in [-0.1, -0.05) is 12.8 Å². The molecule has 1 aromatic rings. The molecule has 0 unspecified atom stereocenters. The van der Waals surface area contributed by atoms with Crippen LogP contribution in [0, 0.1) is 0 Å². The van der Waals surface area contributed by atoms with Gasteiger partial charge in [0.2, 0.25) is 5.91 Å². The minimum Gasteiger partial charge on any atom is -0.406 e. The highest BCUT2D eigenvalue weighted by Gasteiger charge is 2.30. The van der Waals surface area contributed by atoms with Gasteiger partial charge in [-0.15, -0.1) is 25.6 Å². The van der Waals surface area contributed by atoms with Crippen LogP contribution in [0.25, 0.3) is 0 Å². The van der Waals surface area contributed by atoms with E-state index in [1.165, 1.54) is 12.1 Å². The fraction of sp³-hybridized carbons (Fsp3) is 0.500. The third-order valence-electron chi connectivity index (χ3n) is 2.73. The lowest BCUT2D eigenvalue weighted by atomic mass is 10.1. The van der Waals surface area contributed by atoms with Crippen LogP contribution in [0.5, 0.6) is 5.75 Å². The van der Waals surface area contributed by atoms with Gasteiger partial charge < -0.3 is 15.8 Å². The highest BCUT2D eigenvalue weighted by Crippen LogP contribution is 2.24. The van der Waals surface area contributed by atoms with Crippen LogP contribution in [0.2, 0.25) is 0 Å². The van der Waals surface area contributed by atoms with E-state index in [1.54, 1.807) is 0 Å². The Kier molecular flexibility index (Phi) is 9.60. The Balaban J connectivity index is 0.00000441. The standard InChI is InChI=1S/C14H19F3N2O2.ClH/c15-14(16,17)21-12-8-6-11(7-9-12)19-13(20)5-3-1-2-4-10-18;/h6-9H,1-5,10,18H2,(H,19,20);1H. The average Bonchev–Trinajstić information content (AvgIpc) is 2.39. The normalized spacial score (nSPS) is 10.7. The molecule has 0 radical (unpaired) electrons. The number of hydrogen-bond acceptors (Lipinski definition) is 3. The number of halogens is 4. The SMILES string of the molecule is Cl.NCCCCCCC(=O)Nc1ccc(OC(F)(F)F)cc1. The van der Waals surface area contributed by atoms with Gasteiger partial charge in [-0.2, -0.15) is 0 Å². The second-order valence-electron chi connectivity index (χ2n) is 4.57. The van der Waals surface area contributed by atoms with E-state index in [1.807, 2.05) is 0 Å². The van der Waals surface area contributed by atoms with Crippen LogP contribution >= 0.6 is 12.4 Å². The van der Waals surface area contributed by atoms with Crippen molar-refractivity contribution in [3.8, 4) is 5.75 Å². The van der Waals surface area contributed by atoms with E-state index < -0.39 is 6.36 Å². The molecule has 0 aromatic heterocycles. The Labute approximate surface area is 133 Å². The smallest absolute Gasteiger partial charge is 0.406 e. The fourth-order valence-corrected chi connectivity index (χ4v) is 1.75. The first kappa shape index (κ1) is 20.5. The summed E-state index contributed by atoms with van der Waals surface area (Å²) < 4.78 is 39.7. The molecule has 1 rings (SSSR count). The molecule has 0 heterocycles. The molecule has 1 amide bonds. The summed E-state index contributed by atoms with van der Waals surface area (Å²) in [5, 5.41) is 2.62. The van der Waals surface area contributed by atoms with Gasteiger partial charge in [-0.25, -0.2) is 0 Å². The predicted molar refractivity (Wildman–Crippen MR) is 81.1 cm³/mol. The number of carbonyl (C=O) groups excluding carboxylic acids is 1. The molecule has 0 saturated carbocycles. The minimum absolute atomic E-state index is 0. The van der Waals surface area contributed by atoms with Gasteiger partial charge >= 0.3 is 6.36 Å². The maximum Gasteiger partial charge on any atom is 0.573 e. The van der Waals surface area contributed by atoms with Crippen molar-refractivity contribution in [1.82, 2.24) is 0 Å². The van der Waals surface area contributed by atoms with Crippen molar-refractivity contribution in [3.05, 3.63) is 24.3 Å². The molecule has 22 heavy (non-hydrogen) atoms. The summed E-state index contributed by atoms with van der Waals surface area (Å²) in [6, 6.07) is 5.05. The number of nitrogens with one attached hydrogen (secondary N) is 1. The van der Waals surface area contributed by atoms with Crippen molar-refractivity contribution in [1.29, 1.82) is 0 Å². The first-order valence-corrected chi connectivity index (χ1v) is 6.76. The van der Waals surface area contributed by atoms with Crippen LogP contribution in [0.3, 0.4) is 0 Å². The lowest BCUT2D eigenvalue weighted by Gasteiger charge is -2.10. The number of anilines is 1. The first-order valence-electron chi connectivity index (χ1n) is 6.76. The highest BCUT2D eigenvalue weighted by molar-refractivity contribution is 5.90. The second-order valence-corrected chi connectivity index (χ2v) is 4.57. The van der Waals surface area contributed by atoms with Crippen molar-refractivity contribution in [3.63, 3.8) is 0 Å². The predicted octanol–water partition coefficient (Wildman–Crippen LogP) is 3.85. The number of alkyl halides is 3. The third kappa shape index (κ3) is 9.46. The Bertz CT molecular complexity index is 439. The summed E-state index contributed by atoms with van der Waals surface area (Å²) in [6.45, 7) is 0.651. The summed E-state index contributed by atoms with van der Waals surface area (Å²) in [4.78, 5) is 11.6. The molecule has 3 N–H and O–H groups in total. The monoisotopic (exact) mass is 340 g/mol. The molecule has 0 bridgehead atoms. The van der Waals surface area contributed by atoms with Crippen molar-refractivity contribution < 1.29 is 22.7 Å². The van der Waals surface area contributed by atoms with E-state index in [2.05, 4.69) is 10.1 Å². The van der Waals surface area contributed by atoms with Crippen LogP contribution in [-0.4, -0.2) is 18.8 Å². The molecule has 0 saturated heterocycles. The van der Waals surface area contributed by atoms with Gasteiger partial charge in [0.1, 0.15) is 5.75 Å². The molecule has 8 heteroatoms. The van der Waals surface area contributed by atoms with Gasteiger partial charge in [0.25, 0.3) is 0 Å². The molecular formula is C14H20ClF3N2O2. The molecule has 0 spiro atoms. The summed E-state index contributed by atoms with van der Waals surface area (Å²) in [7, 11) is 0. The summed E-state index contributed by atoms with van der Waals surface area (Å²) in [5.74, 6) is -0.477. The number of nitrogens with two attached hydrogens (primary N) is 1. The Morgan fingerprint density at radius 3 is 2.23 bits per heavy atom. The zero-order chi connectivity index (χ0) is 15.7. The van der Waals surface area contributed by atoms with Gasteiger partial charge in [0.15, 0.2) is 0 Å². The molecule has 0 aliphatic carbocycles. The van der Waals surface area contributed by atoms with Crippen LogP contribution in [-0.2, 0) is 4.79 Å². The maximum atomic E-state index is 12.0. The van der Waals surface area contributed by atoms with E-state index in [4.69, 9.17) is 5.73 Å². The van der Waals surface area contributed by atoms with Crippen molar-refractivity contribution in [2.24, 2.45) is 5.73 Å². The van der Waals surface area contributed by atoms with Gasteiger partial charge in [-0.3, -0.25) is 4.79 Å². The van der Waals surface area contributed by atoms with E-state index in [-0.39, 0.29) is 24.1 Å². The molecule has 1 aromatic carbocycles. The Hall–Kier alpha value is -1.47. The van der Waals surface area contributed by atoms with Crippen LogP contribution in [0.1, 0.15) is 32.1 Å². The molecule has 0 fully saturated rings. The van der Waals surface area contributed by atoms with E-state index >= 15 is 0 Å². The maximum absolute atomic E-state index is 12.0. The zero-order valence-electron chi connectivity index (χ0n) is 12.0. The highest BCUT2D eigenvalue weighted by atomic mass is 35.5. The van der Waals surface area contributed by atoms with Crippen molar-refractivity contribution in [2.45, 2.75) is 38.5 Å². The fourth-order valence-electron chi connectivity index (χ4n) is 1.75. The third-order valence-corrected chi connectivity index (χ3v) is 2.73. The van der Waals surface area contributed by atoms with Crippen LogP contribution in [0.4, 0.5) is 18.9 Å². The lowest BCUT2D eigenvalue weighted by molar-refractivity contribution is -0.274. The lowest BCUT2D eigenvalue weighted by Crippen LogP contribution is -2.17. The summed E-state index contributed by atoms with van der Waals surface area (Å²) in [5.41, 5.74) is 5.80. The molecule has 0 aliphatic heterocycles. The number of hydrogen-bond donors (Lipinski definition) is 2. The summed E-state index contributed by atoms with van der Waals surface area (Å²) in [6.07, 6.45) is -0.695. The van der Waals surface area contributed by atoms with Gasteiger partial charge in [0.05, 0.1) is 0 Å². The zero-order valence-corrected chi connectivity index (χ0v) is 12.8. The number of amides is 1. The second kappa shape index (κ2) is 10.3. The number of ether oxygens (including phenoxy) is 1. The average molecular weight is 341 g/mol. The van der Waals surface area contributed by atoms with Gasteiger partial charge in [-0.05, 0) is 43.7 Å².